The summed E-state index contributed by atoms with van der Waals surface area (Å²) in [6.07, 6.45) is 1.82. The highest BCUT2D eigenvalue weighted by atomic mass is 32.2. The van der Waals surface area contributed by atoms with Crippen LogP contribution >= 0.6 is 23.1 Å². The van der Waals surface area contributed by atoms with Crippen LogP contribution in [0.1, 0.15) is 47.5 Å². The number of benzene rings is 3. The first-order valence-electron chi connectivity index (χ1n) is 14.2. The number of furan rings is 1. The van der Waals surface area contributed by atoms with Gasteiger partial charge >= 0.3 is 0 Å². The van der Waals surface area contributed by atoms with Crippen molar-refractivity contribution in [3.8, 4) is 11.5 Å². The fourth-order valence-electron chi connectivity index (χ4n) is 4.99. The molecule has 1 aliphatic rings. The second-order valence-electron chi connectivity index (χ2n) is 10.2. The van der Waals surface area contributed by atoms with E-state index in [0.29, 0.717) is 50.3 Å². The highest BCUT2D eigenvalue weighted by Gasteiger charge is 2.47. The first kappa shape index (κ1) is 30.4. The predicted molar refractivity (Wildman–Crippen MR) is 170 cm³/mol. The second kappa shape index (κ2) is 13.1. The van der Waals surface area contributed by atoms with E-state index in [4.69, 9.17) is 13.9 Å². The first-order chi connectivity index (χ1) is 21.9. The zero-order chi connectivity index (χ0) is 31.5. The summed E-state index contributed by atoms with van der Waals surface area (Å²) >= 11 is 2.36. The number of ether oxygens (including phenoxy) is 2. The van der Waals surface area contributed by atoms with Crippen LogP contribution in [0.4, 0.5) is 9.52 Å². The number of thioether (sulfide) groups is 1. The van der Waals surface area contributed by atoms with Crippen molar-refractivity contribution < 1.29 is 33.0 Å². The van der Waals surface area contributed by atoms with Gasteiger partial charge < -0.3 is 19.0 Å². The van der Waals surface area contributed by atoms with Crippen LogP contribution in [0.25, 0.3) is 11.0 Å². The largest absolute Gasteiger partial charge is 0.503 e. The number of halogens is 1. The standard InChI is InChI=1S/C33H28FN3O6S2/c1-3-4-15-42-24-14-13-20(17-25(24)41-2)28-27(29(38)26-16-19-9-6-8-12-23(19)43-26)30(39)31(40)37(28)32-35-36-33(45-32)44-18-21-10-5-7-11-22(21)34/h5-14,16-17,28,39H,3-4,15,18H2,1-2H3. The van der Waals surface area contributed by atoms with E-state index in [-0.39, 0.29) is 22.3 Å². The Balaban J connectivity index is 1.38. The van der Waals surface area contributed by atoms with E-state index in [1.165, 1.54) is 29.8 Å². The summed E-state index contributed by atoms with van der Waals surface area (Å²) in [6, 6.07) is 19.2. The molecular formula is C33H28FN3O6S2. The van der Waals surface area contributed by atoms with Gasteiger partial charge in [-0.25, -0.2) is 4.39 Å². The van der Waals surface area contributed by atoms with Crippen LogP contribution < -0.4 is 14.4 Å². The van der Waals surface area contributed by atoms with Crippen LogP contribution in [-0.4, -0.2) is 40.7 Å². The van der Waals surface area contributed by atoms with Crippen LogP contribution in [0, 0.1) is 5.82 Å². The van der Waals surface area contributed by atoms with Crippen molar-refractivity contribution in [3.63, 3.8) is 0 Å². The van der Waals surface area contributed by atoms with Crippen molar-refractivity contribution in [2.45, 2.75) is 35.9 Å². The first-order valence-corrected chi connectivity index (χ1v) is 16.0. The van der Waals surface area contributed by atoms with Gasteiger partial charge in [-0.15, -0.1) is 10.2 Å². The maximum Gasteiger partial charge on any atom is 0.296 e. The van der Waals surface area contributed by atoms with Gasteiger partial charge in [0.15, 0.2) is 27.4 Å². The number of Topliss-reactive ketones (excluding diaryl/α,β-unsaturated/α-hetero) is 1. The lowest BCUT2D eigenvalue weighted by Gasteiger charge is -2.24. The number of aliphatic hydroxyl groups excluding tert-OH is 1. The van der Waals surface area contributed by atoms with Crippen LogP contribution in [0.15, 0.2) is 92.9 Å². The summed E-state index contributed by atoms with van der Waals surface area (Å²) in [5, 5.41) is 20.5. The Kier molecular flexibility index (Phi) is 8.85. The summed E-state index contributed by atoms with van der Waals surface area (Å²) in [5.74, 6) is -1.33. The molecule has 0 fully saturated rings. The number of carbonyl (C=O) groups is 2. The number of hydrogen-bond donors (Lipinski definition) is 1. The predicted octanol–water partition coefficient (Wildman–Crippen LogP) is 7.69. The number of fused-ring (bicyclic) bond motifs is 1. The van der Waals surface area contributed by atoms with Crippen LogP contribution in [0.2, 0.25) is 0 Å². The van der Waals surface area contributed by atoms with Crippen molar-refractivity contribution in [1.82, 2.24) is 10.2 Å². The van der Waals surface area contributed by atoms with E-state index in [0.717, 1.165) is 24.2 Å². The number of ketones is 1. The molecule has 0 saturated carbocycles. The molecule has 0 spiro atoms. The molecule has 9 nitrogen and oxygen atoms in total. The zero-order valence-electron chi connectivity index (χ0n) is 24.4. The van der Waals surface area contributed by atoms with E-state index in [2.05, 4.69) is 17.1 Å². The van der Waals surface area contributed by atoms with Crippen LogP contribution in [0.5, 0.6) is 11.5 Å². The number of carbonyl (C=O) groups excluding carboxylic acids is 2. The highest BCUT2D eigenvalue weighted by molar-refractivity contribution is 8.00. The Morgan fingerprint density at radius 2 is 1.89 bits per heavy atom. The topological polar surface area (TPSA) is 115 Å². The maximum atomic E-state index is 14.2. The fourth-order valence-corrected chi connectivity index (χ4v) is 6.84. The van der Waals surface area contributed by atoms with Gasteiger partial charge in [0, 0.05) is 11.1 Å². The summed E-state index contributed by atoms with van der Waals surface area (Å²) in [6.45, 7) is 2.56. The van der Waals surface area contributed by atoms with Crippen molar-refractivity contribution in [2.24, 2.45) is 0 Å². The minimum atomic E-state index is -1.09. The number of rotatable bonds is 12. The maximum absolute atomic E-state index is 14.2. The van der Waals surface area contributed by atoms with Gasteiger partial charge in [0.05, 0.1) is 25.3 Å². The quantitative estimate of drug-likeness (QED) is 0.0631. The number of methoxy groups -OCH3 is 1. The molecule has 1 N–H and O–H groups in total. The summed E-state index contributed by atoms with van der Waals surface area (Å²) in [7, 11) is 1.50. The van der Waals surface area contributed by atoms with E-state index in [1.807, 2.05) is 6.07 Å². The van der Waals surface area contributed by atoms with Gasteiger partial charge in [-0.2, -0.15) is 0 Å². The highest BCUT2D eigenvalue weighted by Crippen LogP contribution is 2.46. The van der Waals surface area contributed by atoms with E-state index in [1.54, 1.807) is 60.7 Å². The summed E-state index contributed by atoms with van der Waals surface area (Å²) in [5.41, 5.74) is 1.30. The molecule has 0 saturated heterocycles. The third kappa shape index (κ3) is 6.03. The van der Waals surface area contributed by atoms with Gasteiger partial charge in [0.25, 0.3) is 5.91 Å². The lowest BCUT2D eigenvalue weighted by molar-refractivity contribution is -0.117. The monoisotopic (exact) mass is 645 g/mol. The molecular weight excluding hydrogens is 618 g/mol. The Labute approximate surface area is 266 Å². The van der Waals surface area contributed by atoms with E-state index >= 15 is 0 Å². The van der Waals surface area contributed by atoms with Crippen molar-refractivity contribution in [1.29, 1.82) is 0 Å². The number of aromatic nitrogens is 2. The van der Waals surface area contributed by atoms with Gasteiger partial charge in [0.1, 0.15) is 11.4 Å². The summed E-state index contributed by atoms with van der Waals surface area (Å²) in [4.78, 5) is 28.9. The molecule has 5 aromatic rings. The lowest BCUT2D eigenvalue weighted by Crippen LogP contribution is -2.31. The van der Waals surface area contributed by atoms with E-state index < -0.39 is 23.5 Å². The molecule has 2 aromatic heterocycles. The SMILES string of the molecule is CCCCOc1ccc(C2C(C(=O)c3cc4ccccc4o3)=C(O)C(=O)N2c2nnc(SCc3ccccc3F)s2)cc1OC. The number of nitrogens with zero attached hydrogens (tertiary/aromatic N) is 3. The van der Waals surface area contributed by atoms with Gasteiger partial charge in [-0.05, 0) is 47.9 Å². The number of para-hydroxylation sites is 1. The molecule has 45 heavy (non-hydrogen) atoms. The van der Waals surface area contributed by atoms with Crippen molar-refractivity contribution >= 4 is 50.9 Å². The minimum absolute atomic E-state index is 0.0257. The molecule has 1 atom stereocenters. The van der Waals surface area contributed by atoms with E-state index in [9.17, 15) is 19.1 Å². The fraction of sp³-hybridized carbons (Fsp3) is 0.212. The minimum Gasteiger partial charge on any atom is -0.503 e. The molecule has 12 heteroatoms. The van der Waals surface area contributed by atoms with Crippen LogP contribution in [-0.2, 0) is 10.5 Å². The number of unbranched alkanes of at least 4 members (excludes halogenated alkanes) is 1. The van der Waals surface area contributed by atoms with Gasteiger partial charge in [-0.3, -0.25) is 14.5 Å². The van der Waals surface area contributed by atoms with Crippen LogP contribution in [0.3, 0.4) is 0 Å². The van der Waals surface area contributed by atoms with Crippen molar-refractivity contribution in [2.75, 3.05) is 18.6 Å². The Morgan fingerprint density at radius 1 is 1.09 bits per heavy atom. The normalized spacial score (nSPS) is 14.9. The number of hydrogen-bond acceptors (Lipinski definition) is 10. The zero-order valence-corrected chi connectivity index (χ0v) is 26.0. The molecule has 1 unspecified atom stereocenters. The molecule has 1 aliphatic heterocycles. The lowest BCUT2D eigenvalue weighted by atomic mass is 9.95. The third-order valence-corrected chi connectivity index (χ3v) is 9.38. The smallest absolute Gasteiger partial charge is 0.296 e. The molecule has 6 rings (SSSR count). The molecule has 230 valence electrons. The number of aliphatic hydroxyl groups is 1. The van der Waals surface area contributed by atoms with Gasteiger partial charge in [-0.1, -0.05) is 78.9 Å². The average Bonchev–Trinajstić information content (AvgIpc) is 3.77. The molecule has 1 amide bonds. The molecule has 3 aromatic carbocycles. The number of amides is 1. The summed E-state index contributed by atoms with van der Waals surface area (Å²) < 4.78 is 32.0. The Bertz CT molecular complexity index is 1890. The average molecular weight is 646 g/mol. The Morgan fingerprint density at radius 3 is 2.67 bits per heavy atom. The van der Waals surface area contributed by atoms with Crippen molar-refractivity contribution in [3.05, 3.63) is 107 Å². The van der Waals surface area contributed by atoms with Gasteiger partial charge in [0.2, 0.25) is 10.9 Å². The molecule has 0 bridgehead atoms. The molecule has 3 heterocycles. The number of anilines is 1. The third-order valence-electron chi connectivity index (χ3n) is 7.27. The molecule has 0 radical (unpaired) electrons. The molecule has 0 aliphatic carbocycles. The second-order valence-corrected chi connectivity index (χ2v) is 12.3. The Hall–Kier alpha value is -4.68.